The molecule has 1 aliphatic heterocycles. The minimum Gasteiger partial charge on any atom is -0.379 e. The van der Waals surface area contributed by atoms with Crippen LogP contribution in [0, 0.1) is 13.8 Å². The molecular formula is C21H23N3O3S. The predicted octanol–water partition coefficient (Wildman–Crippen LogP) is 3.72. The summed E-state index contributed by atoms with van der Waals surface area (Å²) in [5.41, 5.74) is 3.80. The number of aryl methyl sites for hydroxylation is 3. The molecule has 1 aromatic carbocycles. The number of nitrogens with zero attached hydrogens (tertiary/aromatic N) is 2. The lowest BCUT2D eigenvalue weighted by atomic mass is 10.0. The summed E-state index contributed by atoms with van der Waals surface area (Å²) in [7, 11) is 0. The monoisotopic (exact) mass is 397 g/mol. The van der Waals surface area contributed by atoms with Crippen LogP contribution in [-0.4, -0.2) is 35.3 Å². The van der Waals surface area contributed by atoms with E-state index in [1.165, 1.54) is 11.3 Å². The summed E-state index contributed by atoms with van der Waals surface area (Å²) in [6.07, 6.45) is 2.38. The van der Waals surface area contributed by atoms with Gasteiger partial charge in [-0.2, -0.15) is 0 Å². The van der Waals surface area contributed by atoms with Crippen LogP contribution in [0.25, 0.3) is 11.3 Å². The summed E-state index contributed by atoms with van der Waals surface area (Å²) in [5, 5.41) is 8.23. The van der Waals surface area contributed by atoms with Crippen molar-refractivity contribution >= 4 is 17.2 Å². The Hall–Kier alpha value is -2.51. The van der Waals surface area contributed by atoms with E-state index in [-0.39, 0.29) is 11.9 Å². The SMILES string of the molecule is Cc1nc(CCc2c(-c3ccccc3)noc2C)sc1C(=O)N[C@H]1CCOC1. The van der Waals surface area contributed by atoms with Crippen LogP contribution >= 0.6 is 11.3 Å². The Morgan fingerprint density at radius 2 is 2.07 bits per heavy atom. The third-order valence-corrected chi connectivity index (χ3v) is 6.15. The van der Waals surface area contributed by atoms with Gasteiger partial charge < -0.3 is 14.6 Å². The Labute approximate surface area is 167 Å². The van der Waals surface area contributed by atoms with Gasteiger partial charge in [0.05, 0.1) is 23.4 Å². The quantitative estimate of drug-likeness (QED) is 0.686. The molecule has 1 N–H and O–H groups in total. The van der Waals surface area contributed by atoms with Crippen molar-refractivity contribution in [2.24, 2.45) is 0 Å². The molecule has 0 aliphatic carbocycles. The lowest BCUT2D eigenvalue weighted by Crippen LogP contribution is -2.34. The largest absolute Gasteiger partial charge is 0.379 e. The number of thiazole rings is 1. The maximum Gasteiger partial charge on any atom is 0.263 e. The van der Waals surface area contributed by atoms with Gasteiger partial charge in [0.15, 0.2) is 0 Å². The highest BCUT2D eigenvalue weighted by atomic mass is 32.1. The van der Waals surface area contributed by atoms with E-state index in [0.717, 1.165) is 52.5 Å². The van der Waals surface area contributed by atoms with Crippen LogP contribution in [0.5, 0.6) is 0 Å². The van der Waals surface area contributed by atoms with Gasteiger partial charge in [0.2, 0.25) is 0 Å². The third-order valence-electron chi connectivity index (χ3n) is 4.93. The van der Waals surface area contributed by atoms with Gasteiger partial charge >= 0.3 is 0 Å². The number of hydrogen-bond donors (Lipinski definition) is 1. The molecule has 3 aromatic rings. The molecule has 7 heteroatoms. The maximum atomic E-state index is 12.5. The first kappa shape index (κ1) is 18.8. The van der Waals surface area contributed by atoms with E-state index in [9.17, 15) is 4.79 Å². The van der Waals surface area contributed by atoms with Gasteiger partial charge in [-0.05, 0) is 26.7 Å². The molecule has 1 atom stereocenters. The van der Waals surface area contributed by atoms with Crippen molar-refractivity contribution in [3.63, 3.8) is 0 Å². The minimum atomic E-state index is -0.0529. The number of carbonyl (C=O) groups is 1. The van der Waals surface area contributed by atoms with Crippen molar-refractivity contribution in [1.82, 2.24) is 15.5 Å². The van der Waals surface area contributed by atoms with E-state index in [2.05, 4.69) is 15.5 Å². The first-order valence-corrected chi connectivity index (χ1v) is 10.3. The predicted molar refractivity (Wildman–Crippen MR) is 108 cm³/mol. The minimum absolute atomic E-state index is 0.0529. The molecule has 146 valence electrons. The number of ether oxygens (including phenoxy) is 1. The van der Waals surface area contributed by atoms with Crippen LogP contribution < -0.4 is 5.32 Å². The zero-order valence-corrected chi connectivity index (χ0v) is 16.8. The van der Waals surface area contributed by atoms with Crippen LogP contribution in [-0.2, 0) is 17.6 Å². The molecule has 2 aromatic heterocycles. The molecule has 0 radical (unpaired) electrons. The lowest BCUT2D eigenvalue weighted by Gasteiger charge is -2.09. The number of benzene rings is 1. The highest BCUT2D eigenvalue weighted by molar-refractivity contribution is 7.13. The normalized spacial score (nSPS) is 16.4. The Balaban J connectivity index is 1.46. The van der Waals surface area contributed by atoms with Crippen molar-refractivity contribution in [3.8, 4) is 11.3 Å². The fraction of sp³-hybridized carbons (Fsp3) is 0.381. The number of amides is 1. The molecule has 1 fully saturated rings. The van der Waals surface area contributed by atoms with Gasteiger partial charge in [0.25, 0.3) is 5.91 Å². The molecule has 1 amide bonds. The first-order chi connectivity index (χ1) is 13.6. The highest BCUT2D eigenvalue weighted by Crippen LogP contribution is 2.27. The van der Waals surface area contributed by atoms with Gasteiger partial charge in [0.1, 0.15) is 16.3 Å². The Bertz CT molecular complexity index is 959. The van der Waals surface area contributed by atoms with Crippen LogP contribution in [0.1, 0.15) is 38.1 Å². The number of aromatic nitrogens is 2. The molecule has 4 rings (SSSR count). The molecule has 0 unspecified atom stereocenters. The second-order valence-electron chi connectivity index (χ2n) is 6.99. The lowest BCUT2D eigenvalue weighted by molar-refractivity contribution is 0.0933. The van der Waals surface area contributed by atoms with Gasteiger partial charge in [-0.15, -0.1) is 11.3 Å². The average Bonchev–Trinajstić information content (AvgIpc) is 3.42. The smallest absolute Gasteiger partial charge is 0.263 e. The van der Waals surface area contributed by atoms with E-state index in [1.807, 2.05) is 44.2 Å². The average molecular weight is 398 g/mol. The van der Waals surface area contributed by atoms with Crippen molar-refractivity contribution in [2.45, 2.75) is 39.2 Å². The number of rotatable bonds is 6. The molecule has 1 aliphatic rings. The number of carbonyl (C=O) groups excluding carboxylic acids is 1. The number of nitrogens with one attached hydrogen (secondary N) is 1. The summed E-state index contributed by atoms with van der Waals surface area (Å²) >= 11 is 1.47. The zero-order chi connectivity index (χ0) is 19.5. The molecular weight excluding hydrogens is 374 g/mol. The second kappa shape index (κ2) is 8.24. The van der Waals surface area contributed by atoms with Gasteiger partial charge in [-0.1, -0.05) is 35.5 Å². The Morgan fingerprint density at radius 1 is 1.25 bits per heavy atom. The molecule has 6 nitrogen and oxygen atoms in total. The summed E-state index contributed by atoms with van der Waals surface area (Å²) < 4.78 is 10.8. The van der Waals surface area contributed by atoms with Crippen molar-refractivity contribution in [1.29, 1.82) is 0 Å². The van der Waals surface area contributed by atoms with Crippen molar-refractivity contribution in [3.05, 3.63) is 57.2 Å². The van der Waals surface area contributed by atoms with Crippen molar-refractivity contribution < 1.29 is 14.1 Å². The summed E-state index contributed by atoms with van der Waals surface area (Å²) in [5.74, 6) is 0.772. The topological polar surface area (TPSA) is 77.2 Å². The number of hydrogen-bond acceptors (Lipinski definition) is 6. The zero-order valence-electron chi connectivity index (χ0n) is 16.0. The highest BCUT2D eigenvalue weighted by Gasteiger charge is 2.22. The van der Waals surface area contributed by atoms with Gasteiger partial charge in [-0.25, -0.2) is 4.98 Å². The Kier molecular flexibility index (Phi) is 5.54. The van der Waals surface area contributed by atoms with E-state index in [4.69, 9.17) is 9.26 Å². The van der Waals surface area contributed by atoms with E-state index >= 15 is 0 Å². The van der Waals surface area contributed by atoms with E-state index < -0.39 is 0 Å². The van der Waals surface area contributed by atoms with E-state index in [1.54, 1.807) is 0 Å². The molecule has 3 heterocycles. The molecule has 1 saturated heterocycles. The maximum absolute atomic E-state index is 12.5. The van der Waals surface area contributed by atoms with Crippen LogP contribution in [0.3, 0.4) is 0 Å². The van der Waals surface area contributed by atoms with E-state index in [0.29, 0.717) is 18.1 Å². The van der Waals surface area contributed by atoms with Crippen LogP contribution in [0.2, 0.25) is 0 Å². The third kappa shape index (κ3) is 4.00. The fourth-order valence-electron chi connectivity index (χ4n) is 3.41. The van der Waals surface area contributed by atoms with Crippen molar-refractivity contribution in [2.75, 3.05) is 13.2 Å². The molecule has 28 heavy (non-hydrogen) atoms. The van der Waals surface area contributed by atoms with Crippen LogP contribution in [0.15, 0.2) is 34.9 Å². The van der Waals surface area contributed by atoms with Gasteiger partial charge in [-0.3, -0.25) is 4.79 Å². The molecule has 0 bridgehead atoms. The molecule has 0 spiro atoms. The molecule has 0 saturated carbocycles. The first-order valence-electron chi connectivity index (χ1n) is 9.47. The van der Waals surface area contributed by atoms with Crippen LogP contribution in [0.4, 0.5) is 0 Å². The second-order valence-corrected chi connectivity index (χ2v) is 8.07. The van der Waals surface area contributed by atoms with Gasteiger partial charge in [0, 0.05) is 24.2 Å². The summed E-state index contributed by atoms with van der Waals surface area (Å²) in [6, 6.07) is 10.1. The fourth-order valence-corrected chi connectivity index (χ4v) is 4.38. The standard InChI is InChI=1S/C21H23N3O3S/c1-13-20(21(25)23-16-10-11-26-12-16)28-18(22-13)9-8-17-14(2)27-24-19(17)15-6-4-3-5-7-15/h3-7,16H,8-12H2,1-2H3,(H,23,25)/t16-/m0/s1. The Morgan fingerprint density at radius 3 is 2.82 bits per heavy atom. The summed E-state index contributed by atoms with van der Waals surface area (Å²) in [6.45, 7) is 5.12. The summed E-state index contributed by atoms with van der Waals surface area (Å²) in [4.78, 5) is 17.8.